The fourth-order valence-corrected chi connectivity index (χ4v) is 7.42. The summed E-state index contributed by atoms with van der Waals surface area (Å²) in [5.41, 5.74) is 13.0. The van der Waals surface area contributed by atoms with Crippen molar-refractivity contribution in [2.24, 2.45) is 32.7 Å². The van der Waals surface area contributed by atoms with Crippen molar-refractivity contribution in [3.05, 3.63) is 116 Å². The number of allylic oxidation sites excluding steroid dienone is 12. The van der Waals surface area contributed by atoms with Crippen LogP contribution in [0.5, 0.6) is 0 Å². The number of aliphatic hydroxyl groups excluding tert-OH is 1. The van der Waals surface area contributed by atoms with Crippen molar-refractivity contribution < 1.29 is 24.2 Å². The van der Waals surface area contributed by atoms with Crippen molar-refractivity contribution in [2.45, 2.75) is 67.7 Å². The Labute approximate surface area is 288 Å². The second kappa shape index (κ2) is 13.1. The van der Waals surface area contributed by atoms with Gasteiger partial charge >= 0.3 is 11.9 Å². The standard InChI is InChI=1S/C40H44N4O5/c1-10-24-20(5)27-16-29-22(7)26(12-13-33(45)49-15-14-19(3)4)37(43-29)35-36(40(47)48-9)39(46)34-23(8)30(44-38(34)35)18-32-25(11-2)21(6)28(42-32)17-31(24)41-27/h10,14,16-18,22,26,36,43,46H,1,11-13,15H2,2-9H3. The molecule has 49 heavy (non-hydrogen) atoms. The van der Waals surface area contributed by atoms with Gasteiger partial charge in [-0.2, -0.15) is 0 Å². The van der Waals surface area contributed by atoms with Crippen LogP contribution >= 0.6 is 0 Å². The van der Waals surface area contributed by atoms with Gasteiger partial charge in [-0.15, -0.1) is 0 Å². The number of hydrogen-bond donors (Lipinski definition) is 2. The molecule has 3 atom stereocenters. The summed E-state index contributed by atoms with van der Waals surface area (Å²) in [6.07, 6.45) is 11.1. The number of nitrogens with one attached hydrogen (secondary N) is 1. The third kappa shape index (κ3) is 5.75. The molecule has 5 aliphatic heterocycles. The van der Waals surface area contributed by atoms with Gasteiger partial charge in [0.2, 0.25) is 0 Å². The Balaban J connectivity index is 1.57. The van der Waals surface area contributed by atoms with Gasteiger partial charge in [0.15, 0.2) is 0 Å². The van der Waals surface area contributed by atoms with E-state index in [0.717, 1.165) is 74.1 Å². The molecule has 254 valence electrons. The van der Waals surface area contributed by atoms with Crippen LogP contribution in [0.1, 0.15) is 67.7 Å². The molecule has 6 aliphatic rings. The fraction of sp³-hybridized carbons (Fsp3) is 0.375. The summed E-state index contributed by atoms with van der Waals surface area (Å²) in [7, 11) is 1.32. The minimum atomic E-state index is -1.07. The first-order chi connectivity index (χ1) is 23.4. The van der Waals surface area contributed by atoms with Crippen LogP contribution in [0.25, 0.3) is 0 Å². The minimum Gasteiger partial charge on any atom is -0.510 e. The quantitative estimate of drug-likeness (QED) is 0.205. The Morgan fingerprint density at radius 3 is 2.41 bits per heavy atom. The van der Waals surface area contributed by atoms with E-state index < -0.39 is 11.9 Å². The van der Waals surface area contributed by atoms with E-state index in [1.165, 1.54) is 7.11 Å². The Kier molecular flexibility index (Phi) is 9.05. The van der Waals surface area contributed by atoms with Gasteiger partial charge in [0.25, 0.3) is 0 Å². The predicted octanol–water partition coefficient (Wildman–Crippen LogP) is 7.53. The number of carbonyl (C=O) groups is 2. The summed E-state index contributed by atoms with van der Waals surface area (Å²) < 4.78 is 10.7. The van der Waals surface area contributed by atoms with Gasteiger partial charge in [-0.05, 0) is 94.1 Å². The summed E-state index contributed by atoms with van der Waals surface area (Å²) in [5, 5.41) is 15.4. The van der Waals surface area contributed by atoms with E-state index in [1.807, 2.05) is 58.1 Å². The number of rotatable bonds is 8. The summed E-state index contributed by atoms with van der Waals surface area (Å²) in [6, 6.07) is 0. The molecule has 9 nitrogen and oxygen atoms in total. The number of hydrogen-bond acceptors (Lipinski definition) is 9. The molecule has 6 rings (SSSR count). The second-order valence-electron chi connectivity index (χ2n) is 13.4. The van der Waals surface area contributed by atoms with Crippen LogP contribution in [-0.4, -0.2) is 47.9 Å². The lowest BCUT2D eigenvalue weighted by Gasteiger charge is -2.20. The molecule has 3 unspecified atom stereocenters. The molecule has 2 N–H and O–H groups in total. The molecule has 0 aromatic heterocycles. The lowest BCUT2D eigenvalue weighted by Crippen LogP contribution is -2.25. The molecule has 1 fully saturated rings. The topological polar surface area (TPSA) is 122 Å². The number of methoxy groups -OCH3 is 1. The fourth-order valence-electron chi connectivity index (χ4n) is 7.42. The van der Waals surface area contributed by atoms with Gasteiger partial charge in [0.1, 0.15) is 18.3 Å². The maximum Gasteiger partial charge on any atom is 0.321 e. The zero-order valence-corrected chi connectivity index (χ0v) is 29.6. The van der Waals surface area contributed by atoms with Gasteiger partial charge in [0.05, 0.1) is 41.3 Å². The lowest BCUT2D eigenvalue weighted by atomic mass is 9.84. The summed E-state index contributed by atoms with van der Waals surface area (Å²) in [5.74, 6) is -2.37. The van der Waals surface area contributed by atoms with E-state index in [4.69, 9.17) is 24.5 Å². The molecule has 9 heteroatoms. The maximum atomic E-state index is 13.4. The van der Waals surface area contributed by atoms with Gasteiger partial charge in [0, 0.05) is 46.4 Å². The zero-order chi connectivity index (χ0) is 35.3. The molecule has 1 saturated heterocycles. The van der Waals surface area contributed by atoms with Crippen LogP contribution in [0, 0.1) is 17.8 Å². The van der Waals surface area contributed by atoms with Crippen LogP contribution in [0.15, 0.2) is 131 Å². The summed E-state index contributed by atoms with van der Waals surface area (Å²) >= 11 is 0. The van der Waals surface area contributed by atoms with Crippen molar-refractivity contribution >= 4 is 29.1 Å². The Morgan fingerprint density at radius 1 is 1.02 bits per heavy atom. The van der Waals surface area contributed by atoms with E-state index >= 15 is 0 Å². The average molecular weight is 661 g/mol. The number of ether oxygens (including phenoxy) is 2. The normalized spacial score (nSPS) is 24.0. The molecule has 1 aliphatic carbocycles. The molecule has 0 radical (unpaired) electrons. The number of aliphatic hydroxyl groups is 1. The largest absolute Gasteiger partial charge is 0.510 e. The predicted molar refractivity (Wildman–Crippen MR) is 193 cm³/mol. The number of nitrogens with zero attached hydrogens (tertiary/aromatic N) is 3. The lowest BCUT2D eigenvalue weighted by molar-refractivity contribution is -0.144. The number of fused-ring (bicyclic) bond motifs is 5. The molecule has 0 aromatic rings. The smallest absolute Gasteiger partial charge is 0.321 e. The molecule has 0 aromatic carbocycles. The van der Waals surface area contributed by atoms with Gasteiger partial charge in [-0.25, -0.2) is 15.0 Å². The number of carbonyl (C=O) groups excluding carboxylic acids is 2. The molecule has 8 bridgehead atoms. The van der Waals surface area contributed by atoms with Crippen LogP contribution in [0.4, 0.5) is 0 Å². The molecule has 0 amide bonds. The zero-order valence-electron chi connectivity index (χ0n) is 29.6. The van der Waals surface area contributed by atoms with Gasteiger partial charge in [-0.1, -0.05) is 32.1 Å². The third-order valence-corrected chi connectivity index (χ3v) is 10.3. The highest BCUT2D eigenvalue weighted by Crippen LogP contribution is 2.49. The number of esters is 2. The van der Waals surface area contributed by atoms with E-state index in [9.17, 15) is 14.7 Å². The molecule has 0 spiro atoms. The first kappa shape index (κ1) is 33.8. The van der Waals surface area contributed by atoms with Crippen LogP contribution < -0.4 is 5.32 Å². The Bertz CT molecular complexity index is 1980. The van der Waals surface area contributed by atoms with Crippen LogP contribution in [0.3, 0.4) is 0 Å². The molecule has 5 heterocycles. The van der Waals surface area contributed by atoms with Crippen molar-refractivity contribution in [1.29, 1.82) is 0 Å². The molecular formula is C40H44N4O5. The SMILES string of the molecule is C=CC1=C(C)C2=NC1=CC1=NC(=CC3=C(C)C4=C(O)C(C(=O)OC)C(=C5NC(=C2)C(C)C5CCC(=O)OCC=C(C)C)C4=N3)C(CC)=C1C. The maximum absolute atomic E-state index is 13.4. The minimum absolute atomic E-state index is 0.0907. The van der Waals surface area contributed by atoms with Gasteiger partial charge in [-0.3, -0.25) is 9.59 Å². The van der Waals surface area contributed by atoms with Gasteiger partial charge < -0.3 is 19.9 Å². The summed E-state index contributed by atoms with van der Waals surface area (Å²) in [6.45, 7) is 18.4. The first-order valence-corrected chi connectivity index (χ1v) is 16.9. The van der Waals surface area contributed by atoms with Crippen molar-refractivity contribution in [1.82, 2.24) is 5.32 Å². The molecular weight excluding hydrogens is 616 g/mol. The Hall–Kier alpha value is -5.05. The Morgan fingerprint density at radius 2 is 1.73 bits per heavy atom. The van der Waals surface area contributed by atoms with Crippen molar-refractivity contribution in [3.63, 3.8) is 0 Å². The van der Waals surface area contributed by atoms with E-state index in [1.54, 1.807) is 0 Å². The monoisotopic (exact) mass is 660 g/mol. The average Bonchev–Trinajstić information content (AvgIpc) is 3.80. The molecule has 0 saturated carbocycles. The first-order valence-electron chi connectivity index (χ1n) is 16.9. The van der Waals surface area contributed by atoms with E-state index in [-0.39, 0.29) is 36.6 Å². The van der Waals surface area contributed by atoms with E-state index in [2.05, 4.69) is 32.7 Å². The second-order valence-corrected chi connectivity index (χ2v) is 13.4. The number of aliphatic imine (C=N–C) groups is 3. The summed E-state index contributed by atoms with van der Waals surface area (Å²) in [4.78, 5) is 41.5. The van der Waals surface area contributed by atoms with Crippen molar-refractivity contribution in [2.75, 3.05) is 13.7 Å². The highest BCUT2D eigenvalue weighted by atomic mass is 16.5. The highest BCUT2D eigenvalue weighted by molar-refractivity contribution is 6.24. The van der Waals surface area contributed by atoms with Crippen LogP contribution in [-0.2, 0) is 19.1 Å². The van der Waals surface area contributed by atoms with E-state index in [0.29, 0.717) is 29.0 Å². The van der Waals surface area contributed by atoms with Crippen molar-refractivity contribution in [3.8, 4) is 0 Å². The highest BCUT2D eigenvalue weighted by Gasteiger charge is 2.49. The third-order valence-electron chi connectivity index (χ3n) is 10.3. The van der Waals surface area contributed by atoms with Crippen LogP contribution in [0.2, 0.25) is 0 Å².